The number of aliphatic hydroxyl groups excluding tert-OH is 1. The lowest BCUT2D eigenvalue weighted by molar-refractivity contribution is -0.132. The molecular formula is C35H28N2O5S. The molecule has 0 aliphatic carbocycles. The molecule has 5 aromatic rings. The predicted molar refractivity (Wildman–Crippen MR) is 167 cm³/mol. The number of aryl methyl sites for hydroxylation is 1. The topological polar surface area (TPSA) is 89.0 Å². The maximum absolute atomic E-state index is 13.7. The molecule has 43 heavy (non-hydrogen) atoms. The molecule has 0 bridgehead atoms. The van der Waals surface area contributed by atoms with Gasteiger partial charge in [0.2, 0.25) is 0 Å². The standard InChI is InChI=1S/C35H28N2O5S/c1-20-8-14-27-29(16-20)43-35(36-27)37-31(23-9-12-26(13-10-23)41-19-22-6-4-3-5-7-22)30(33(39)34(37)40)32(38)24-11-15-28-25(18-24)17-21(2)42-28/h3-16,18,21,31,38H,17,19H2,1-2H3/t21-,31+/m0/s1. The molecule has 7 nitrogen and oxygen atoms in total. The van der Waals surface area contributed by atoms with E-state index in [1.807, 2.05) is 92.7 Å². The Balaban J connectivity index is 1.31. The first kappa shape index (κ1) is 26.9. The molecule has 2 aliphatic rings. The fraction of sp³-hybridized carbons (Fsp3) is 0.171. The Morgan fingerprint density at radius 2 is 1.81 bits per heavy atom. The summed E-state index contributed by atoms with van der Waals surface area (Å²) < 4.78 is 12.7. The number of nitrogens with zero attached hydrogens (tertiary/aromatic N) is 2. The van der Waals surface area contributed by atoms with E-state index in [-0.39, 0.29) is 17.4 Å². The number of aromatic nitrogens is 1. The summed E-state index contributed by atoms with van der Waals surface area (Å²) in [6.07, 6.45) is 0.729. The number of amides is 1. The van der Waals surface area contributed by atoms with Crippen molar-refractivity contribution in [3.05, 3.63) is 124 Å². The van der Waals surface area contributed by atoms with Crippen LogP contribution in [-0.2, 0) is 22.6 Å². The van der Waals surface area contributed by atoms with Crippen LogP contribution in [0.15, 0.2) is 96.6 Å². The summed E-state index contributed by atoms with van der Waals surface area (Å²) in [4.78, 5) is 33.5. The summed E-state index contributed by atoms with van der Waals surface area (Å²) >= 11 is 1.34. The van der Waals surface area contributed by atoms with Crippen LogP contribution in [0.3, 0.4) is 0 Å². The summed E-state index contributed by atoms with van der Waals surface area (Å²) in [5, 5.41) is 12.0. The van der Waals surface area contributed by atoms with E-state index in [4.69, 9.17) is 14.5 Å². The van der Waals surface area contributed by atoms with Gasteiger partial charge in [0.25, 0.3) is 5.78 Å². The van der Waals surface area contributed by atoms with Gasteiger partial charge in [-0.05, 0) is 78.6 Å². The molecule has 3 heterocycles. The number of rotatable bonds is 6. The summed E-state index contributed by atoms with van der Waals surface area (Å²) in [5.74, 6) is -0.309. The quantitative estimate of drug-likeness (QED) is 0.129. The third-order valence-electron chi connectivity index (χ3n) is 7.80. The Morgan fingerprint density at radius 1 is 1.02 bits per heavy atom. The van der Waals surface area contributed by atoms with Gasteiger partial charge in [0, 0.05) is 12.0 Å². The molecule has 214 valence electrons. The maximum Gasteiger partial charge on any atom is 0.301 e. The van der Waals surface area contributed by atoms with Crippen LogP contribution in [-0.4, -0.2) is 27.9 Å². The number of ketones is 1. The number of carbonyl (C=O) groups excluding carboxylic acids is 2. The van der Waals surface area contributed by atoms with Crippen molar-refractivity contribution in [2.75, 3.05) is 4.90 Å². The molecule has 1 fully saturated rings. The van der Waals surface area contributed by atoms with Gasteiger partial charge in [-0.3, -0.25) is 14.5 Å². The number of benzene rings is 4. The first-order valence-corrected chi connectivity index (χ1v) is 14.9. The highest BCUT2D eigenvalue weighted by Crippen LogP contribution is 2.45. The number of fused-ring (bicyclic) bond motifs is 2. The van der Waals surface area contributed by atoms with E-state index in [1.165, 1.54) is 16.2 Å². The normalized spacial score (nSPS) is 19.1. The average Bonchev–Trinajstić information content (AvgIpc) is 3.68. The molecule has 2 atom stereocenters. The zero-order chi connectivity index (χ0) is 29.7. The second-order valence-electron chi connectivity index (χ2n) is 10.9. The van der Waals surface area contributed by atoms with Gasteiger partial charge in [-0.15, -0.1) is 0 Å². The minimum atomic E-state index is -0.881. The van der Waals surface area contributed by atoms with Crippen LogP contribution in [0.25, 0.3) is 16.0 Å². The lowest BCUT2D eigenvalue weighted by atomic mass is 9.94. The van der Waals surface area contributed by atoms with E-state index in [0.717, 1.165) is 32.7 Å². The first-order valence-electron chi connectivity index (χ1n) is 14.1. The zero-order valence-electron chi connectivity index (χ0n) is 23.6. The smallest absolute Gasteiger partial charge is 0.301 e. The Kier molecular flexibility index (Phi) is 6.70. The lowest BCUT2D eigenvalue weighted by Crippen LogP contribution is -2.29. The predicted octanol–water partition coefficient (Wildman–Crippen LogP) is 7.13. The van der Waals surface area contributed by atoms with Crippen molar-refractivity contribution >= 4 is 44.1 Å². The molecule has 1 aromatic heterocycles. The summed E-state index contributed by atoms with van der Waals surface area (Å²) in [5.41, 5.74) is 4.93. The zero-order valence-corrected chi connectivity index (χ0v) is 24.4. The molecule has 2 aliphatic heterocycles. The number of ether oxygens (including phenoxy) is 2. The summed E-state index contributed by atoms with van der Waals surface area (Å²) in [7, 11) is 0. The Hall–Kier alpha value is -4.95. The molecule has 0 radical (unpaired) electrons. The largest absolute Gasteiger partial charge is 0.507 e. The Labute approximate surface area is 252 Å². The van der Waals surface area contributed by atoms with Gasteiger partial charge < -0.3 is 14.6 Å². The average molecular weight is 589 g/mol. The monoisotopic (exact) mass is 588 g/mol. The van der Waals surface area contributed by atoms with Crippen LogP contribution < -0.4 is 14.4 Å². The van der Waals surface area contributed by atoms with Crippen LogP contribution in [0.4, 0.5) is 5.13 Å². The summed E-state index contributed by atoms with van der Waals surface area (Å²) in [6.45, 7) is 4.39. The van der Waals surface area contributed by atoms with Gasteiger partial charge in [0.15, 0.2) is 5.13 Å². The molecular weight excluding hydrogens is 560 g/mol. The van der Waals surface area contributed by atoms with Gasteiger partial charge >= 0.3 is 5.91 Å². The fourth-order valence-corrected chi connectivity index (χ4v) is 6.77. The second kappa shape index (κ2) is 10.7. The Morgan fingerprint density at radius 3 is 2.60 bits per heavy atom. The number of thiazole rings is 1. The van der Waals surface area contributed by atoms with E-state index in [2.05, 4.69) is 0 Å². The van der Waals surface area contributed by atoms with Gasteiger partial charge in [0.1, 0.15) is 30.0 Å². The van der Waals surface area contributed by atoms with Gasteiger partial charge in [-0.1, -0.05) is 59.9 Å². The van der Waals surface area contributed by atoms with Gasteiger partial charge in [-0.25, -0.2) is 4.98 Å². The number of anilines is 1. The SMILES string of the molecule is Cc1ccc2nc(N3C(=O)C(=O)C(=C(O)c4ccc5c(c4)C[C@H](C)O5)[C@H]3c3ccc(OCc4ccccc4)cc3)sc2c1. The number of hydrogen-bond acceptors (Lipinski definition) is 7. The maximum atomic E-state index is 13.7. The molecule has 1 amide bonds. The Bertz CT molecular complexity index is 1910. The second-order valence-corrected chi connectivity index (χ2v) is 11.9. The van der Waals surface area contributed by atoms with Crippen molar-refractivity contribution < 1.29 is 24.2 Å². The molecule has 7 rings (SSSR count). The van der Waals surface area contributed by atoms with Crippen molar-refractivity contribution in [2.45, 2.75) is 39.0 Å². The fourth-order valence-electron chi connectivity index (χ4n) is 5.68. The van der Waals surface area contributed by atoms with Crippen LogP contribution in [0.2, 0.25) is 0 Å². The molecule has 1 N–H and O–H groups in total. The van der Waals surface area contributed by atoms with E-state index in [9.17, 15) is 14.7 Å². The van der Waals surface area contributed by atoms with Crippen molar-refractivity contribution in [1.29, 1.82) is 0 Å². The van der Waals surface area contributed by atoms with E-state index < -0.39 is 17.7 Å². The molecule has 8 heteroatoms. The molecule has 0 saturated carbocycles. The van der Waals surface area contributed by atoms with Crippen molar-refractivity contribution in [1.82, 2.24) is 4.98 Å². The number of hydrogen-bond donors (Lipinski definition) is 1. The number of aliphatic hydroxyl groups is 1. The van der Waals surface area contributed by atoms with Crippen LogP contribution >= 0.6 is 11.3 Å². The van der Waals surface area contributed by atoms with Crippen LogP contribution in [0.5, 0.6) is 11.5 Å². The van der Waals surface area contributed by atoms with Crippen molar-refractivity contribution in [3.8, 4) is 11.5 Å². The van der Waals surface area contributed by atoms with E-state index in [1.54, 1.807) is 12.1 Å². The molecule has 1 saturated heterocycles. The highest BCUT2D eigenvalue weighted by molar-refractivity contribution is 7.22. The van der Waals surface area contributed by atoms with Gasteiger partial charge in [-0.2, -0.15) is 0 Å². The first-order chi connectivity index (χ1) is 20.9. The third-order valence-corrected chi connectivity index (χ3v) is 8.81. The van der Waals surface area contributed by atoms with Crippen molar-refractivity contribution in [2.24, 2.45) is 0 Å². The molecule has 0 unspecified atom stereocenters. The molecule has 4 aromatic carbocycles. The minimum absolute atomic E-state index is 0.0188. The summed E-state index contributed by atoms with van der Waals surface area (Å²) in [6, 6.07) is 27.5. The van der Waals surface area contributed by atoms with E-state index >= 15 is 0 Å². The van der Waals surface area contributed by atoms with Gasteiger partial charge in [0.05, 0.1) is 21.8 Å². The highest BCUT2D eigenvalue weighted by atomic mass is 32.1. The molecule has 0 spiro atoms. The van der Waals surface area contributed by atoms with Crippen molar-refractivity contribution in [3.63, 3.8) is 0 Å². The lowest BCUT2D eigenvalue weighted by Gasteiger charge is -2.23. The number of Topliss-reactive ketones (excluding diaryl/α,β-unsaturated/α-hetero) is 1. The van der Waals surface area contributed by atoms with Crippen LogP contribution in [0.1, 0.15) is 40.8 Å². The minimum Gasteiger partial charge on any atom is -0.507 e. The van der Waals surface area contributed by atoms with Crippen LogP contribution in [0, 0.1) is 6.92 Å². The third kappa shape index (κ3) is 4.93. The highest BCUT2D eigenvalue weighted by Gasteiger charge is 2.48. The van der Waals surface area contributed by atoms with E-state index in [0.29, 0.717) is 35.0 Å². The number of carbonyl (C=O) groups is 2.